The summed E-state index contributed by atoms with van der Waals surface area (Å²) >= 11 is 3.28. The second-order valence-corrected chi connectivity index (χ2v) is 6.33. The minimum absolute atomic E-state index is 0.142. The second kappa shape index (κ2) is 9.87. The minimum Gasteiger partial charge on any atom is -0.489 e. The van der Waals surface area contributed by atoms with Crippen LogP contribution >= 0.6 is 15.9 Å². The summed E-state index contributed by atoms with van der Waals surface area (Å²) in [6.07, 6.45) is 0. The highest BCUT2D eigenvalue weighted by atomic mass is 79.9. The molecule has 0 saturated carbocycles. The molecule has 0 fully saturated rings. The van der Waals surface area contributed by atoms with Gasteiger partial charge in [0, 0.05) is 12.1 Å². The van der Waals surface area contributed by atoms with Crippen LogP contribution in [0.2, 0.25) is 0 Å². The van der Waals surface area contributed by atoms with Crippen molar-refractivity contribution in [2.75, 3.05) is 19.8 Å². The third-order valence-electron chi connectivity index (χ3n) is 3.38. The van der Waals surface area contributed by atoms with Gasteiger partial charge in [-0.25, -0.2) is 9.18 Å². The molecule has 152 valence electrons. The Morgan fingerprint density at radius 3 is 2.72 bits per heavy atom. The molecule has 10 nitrogen and oxygen atoms in total. The molecule has 0 radical (unpaired) electrons. The summed E-state index contributed by atoms with van der Waals surface area (Å²) in [5, 5.41) is 19.5. The monoisotopic (exact) mass is 466 g/mol. The van der Waals surface area contributed by atoms with Gasteiger partial charge in [0.15, 0.2) is 6.54 Å². The van der Waals surface area contributed by atoms with Crippen molar-refractivity contribution in [3.05, 3.63) is 40.6 Å². The lowest BCUT2D eigenvalue weighted by Gasteiger charge is -2.09. The van der Waals surface area contributed by atoms with Gasteiger partial charge in [-0.3, -0.25) is 0 Å². The third-order valence-corrected chi connectivity index (χ3v) is 4.04. The van der Waals surface area contributed by atoms with E-state index in [1.807, 2.05) is 0 Å². The number of hydrogen-bond donors (Lipinski definition) is 0. The lowest BCUT2D eigenvalue weighted by Crippen LogP contribution is -2.15. The topological polar surface area (TPSA) is 114 Å². The highest BCUT2D eigenvalue weighted by molar-refractivity contribution is 9.10. The van der Waals surface area contributed by atoms with Gasteiger partial charge in [0.2, 0.25) is 11.7 Å². The van der Waals surface area contributed by atoms with Crippen LogP contribution < -0.4 is 9.47 Å². The van der Waals surface area contributed by atoms with Gasteiger partial charge in [-0.2, -0.15) is 4.80 Å². The van der Waals surface area contributed by atoms with Gasteiger partial charge < -0.3 is 14.2 Å². The van der Waals surface area contributed by atoms with Crippen LogP contribution in [0.15, 0.2) is 34.8 Å². The molecule has 0 unspecified atom stereocenters. The quantitative estimate of drug-likeness (QED) is 0.345. The van der Waals surface area contributed by atoms with Gasteiger partial charge >= 0.3 is 5.97 Å². The number of ether oxygens (including phenoxy) is 3. The van der Waals surface area contributed by atoms with E-state index in [2.05, 4.69) is 41.5 Å². The van der Waals surface area contributed by atoms with Crippen LogP contribution in [-0.4, -0.2) is 56.2 Å². The first-order chi connectivity index (χ1) is 14.0. The first-order valence-electron chi connectivity index (χ1n) is 8.53. The van der Waals surface area contributed by atoms with Crippen molar-refractivity contribution in [2.24, 2.45) is 0 Å². The Labute approximate surface area is 173 Å². The van der Waals surface area contributed by atoms with Crippen molar-refractivity contribution in [3.63, 3.8) is 0 Å². The van der Waals surface area contributed by atoms with E-state index in [-0.39, 0.29) is 38.1 Å². The molecule has 2 aromatic heterocycles. The Hall–Kier alpha value is -3.15. The summed E-state index contributed by atoms with van der Waals surface area (Å²) in [6.45, 7) is 2.22. The van der Waals surface area contributed by atoms with Crippen molar-refractivity contribution in [1.29, 1.82) is 0 Å². The van der Waals surface area contributed by atoms with Crippen LogP contribution in [0.25, 0.3) is 11.5 Å². The van der Waals surface area contributed by atoms with E-state index in [1.54, 1.807) is 25.1 Å². The van der Waals surface area contributed by atoms with Crippen LogP contribution in [0.5, 0.6) is 11.6 Å². The molecular formula is C17H16BrFN6O4. The number of rotatable bonds is 9. The summed E-state index contributed by atoms with van der Waals surface area (Å²) < 4.78 is 29.6. The molecule has 2 heterocycles. The minimum atomic E-state index is -0.459. The van der Waals surface area contributed by atoms with Crippen molar-refractivity contribution in [3.8, 4) is 23.1 Å². The predicted molar refractivity (Wildman–Crippen MR) is 101 cm³/mol. The molecular weight excluding hydrogens is 451 g/mol. The molecule has 0 bridgehead atoms. The fraction of sp³-hybridized carbons (Fsp3) is 0.294. The summed E-state index contributed by atoms with van der Waals surface area (Å²) in [5.41, 5.74) is 0.368. The molecule has 0 atom stereocenters. The molecule has 0 saturated heterocycles. The molecule has 12 heteroatoms. The smallest absolute Gasteiger partial charge is 0.329 e. The maximum atomic E-state index is 13.2. The predicted octanol–water partition coefficient (Wildman–Crippen LogP) is 2.05. The Morgan fingerprint density at radius 2 is 1.97 bits per heavy atom. The Bertz CT molecular complexity index is 969. The van der Waals surface area contributed by atoms with Gasteiger partial charge in [0.05, 0.1) is 11.1 Å². The maximum Gasteiger partial charge on any atom is 0.329 e. The summed E-state index contributed by atoms with van der Waals surface area (Å²) in [7, 11) is 0. The highest BCUT2D eigenvalue weighted by Gasteiger charge is 2.11. The average Bonchev–Trinajstić information content (AvgIpc) is 3.17. The van der Waals surface area contributed by atoms with E-state index >= 15 is 0 Å². The van der Waals surface area contributed by atoms with Gasteiger partial charge in [-0.05, 0) is 46.3 Å². The zero-order valence-electron chi connectivity index (χ0n) is 15.3. The summed E-state index contributed by atoms with van der Waals surface area (Å²) in [6, 6.07) is 7.37. The summed E-state index contributed by atoms with van der Waals surface area (Å²) in [5.74, 6) is 0.0198. The summed E-state index contributed by atoms with van der Waals surface area (Å²) in [4.78, 5) is 12.5. The Morgan fingerprint density at radius 1 is 1.14 bits per heavy atom. The maximum absolute atomic E-state index is 13.2. The van der Waals surface area contributed by atoms with Crippen molar-refractivity contribution in [2.45, 2.75) is 13.5 Å². The number of nitrogens with zero attached hydrogens (tertiary/aromatic N) is 6. The van der Waals surface area contributed by atoms with E-state index < -0.39 is 11.8 Å². The fourth-order valence-electron chi connectivity index (χ4n) is 2.14. The molecule has 0 amide bonds. The van der Waals surface area contributed by atoms with Crippen LogP contribution in [0.3, 0.4) is 0 Å². The van der Waals surface area contributed by atoms with Crippen LogP contribution in [0.4, 0.5) is 4.39 Å². The van der Waals surface area contributed by atoms with Gasteiger partial charge in [0.25, 0.3) is 0 Å². The second-order valence-electron chi connectivity index (χ2n) is 5.48. The number of esters is 1. The Kier molecular flexibility index (Phi) is 7.00. The number of hydrogen-bond acceptors (Lipinski definition) is 9. The molecule has 0 aliphatic carbocycles. The standard InChI is InChI=1S/C17H16BrFN6O4/c1-2-27-16(26)10-25-23-17(22-24-25)13-5-6-15(21-20-13)29-8-7-28-14-9-11(19)3-4-12(14)18/h3-6,9H,2,7-8,10H2,1H3. The first kappa shape index (κ1) is 20.6. The lowest BCUT2D eigenvalue weighted by atomic mass is 10.3. The van der Waals surface area contributed by atoms with Crippen molar-refractivity contribution >= 4 is 21.9 Å². The molecule has 0 spiro atoms. The highest BCUT2D eigenvalue weighted by Crippen LogP contribution is 2.25. The molecule has 29 heavy (non-hydrogen) atoms. The third kappa shape index (κ3) is 5.91. The normalized spacial score (nSPS) is 10.6. The average molecular weight is 467 g/mol. The Balaban J connectivity index is 1.49. The van der Waals surface area contributed by atoms with Crippen LogP contribution in [0.1, 0.15) is 6.92 Å². The van der Waals surface area contributed by atoms with E-state index in [0.29, 0.717) is 15.9 Å². The largest absolute Gasteiger partial charge is 0.489 e. The number of carbonyl (C=O) groups excluding carboxylic acids is 1. The number of benzene rings is 1. The van der Waals surface area contributed by atoms with Crippen molar-refractivity contribution in [1.82, 2.24) is 30.4 Å². The molecule has 0 N–H and O–H groups in total. The van der Waals surface area contributed by atoms with E-state index in [0.717, 1.165) is 4.80 Å². The molecule has 0 aliphatic heterocycles. The molecule has 1 aromatic carbocycles. The fourth-order valence-corrected chi connectivity index (χ4v) is 2.50. The van der Waals surface area contributed by atoms with Crippen LogP contribution in [-0.2, 0) is 16.1 Å². The van der Waals surface area contributed by atoms with E-state index in [9.17, 15) is 9.18 Å². The zero-order valence-corrected chi connectivity index (χ0v) is 16.9. The molecule has 0 aliphatic rings. The number of carbonyl (C=O) groups is 1. The molecule has 3 rings (SSSR count). The van der Waals surface area contributed by atoms with Crippen LogP contribution in [0, 0.1) is 5.82 Å². The van der Waals surface area contributed by atoms with Crippen molar-refractivity contribution < 1.29 is 23.4 Å². The zero-order chi connectivity index (χ0) is 20.6. The first-order valence-corrected chi connectivity index (χ1v) is 9.32. The van der Waals surface area contributed by atoms with Gasteiger partial charge in [0.1, 0.15) is 30.5 Å². The SMILES string of the molecule is CCOC(=O)Cn1nnc(-c2ccc(OCCOc3cc(F)ccc3Br)nn2)n1. The number of tetrazole rings is 1. The number of aromatic nitrogens is 6. The van der Waals surface area contributed by atoms with Gasteiger partial charge in [-0.15, -0.1) is 20.4 Å². The number of halogens is 2. The van der Waals surface area contributed by atoms with Gasteiger partial charge in [-0.1, -0.05) is 0 Å². The lowest BCUT2D eigenvalue weighted by molar-refractivity contribution is -0.144. The van der Waals surface area contributed by atoms with E-state index in [4.69, 9.17) is 14.2 Å². The molecule has 3 aromatic rings. The van der Waals surface area contributed by atoms with E-state index in [1.165, 1.54) is 12.1 Å².